The monoisotopic (exact) mass is 345 g/mol. The molecule has 6 nitrogen and oxygen atoms in total. The summed E-state index contributed by atoms with van der Waals surface area (Å²) in [6.07, 6.45) is 2.57. The van der Waals surface area contributed by atoms with Gasteiger partial charge in [0.15, 0.2) is 0 Å². The fourth-order valence-corrected chi connectivity index (χ4v) is 3.05. The van der Waals surface area contributed by atoms with E-state index >= 15 is 0 Å². The van der Waals surface area contributed by atoms with Crippen LogP contribution in [0.2, 0.25) is 0 Å². The number of benzene rings is 1. The zero-order valence-electron chi connectivity index (χ0n) is 15.1. The molecule has 1 aliphatic heterocycles. The van der Waals surface area contributed by atoms with Gasteiger partial charge >= 0.3 is 0 Å². The Morgan fingerprint density at radius 2 is 2.04 bits per heavy atom. The maximum atomic E-state index is 14.0. The number of rotatable bonds is 4. The number of amides is 1. The molecule has 1 atom stereocenters. The molecule has 7 heteroatoms. The quantitative estimate of drug-likeness (QED) is 0.854. The summed E-state index contributed by atoms with van der Waals surface area (Å²) < 4.78 is 15.8. The lowest BCUT2D eigenvalue weighted by Crippen LogP contribution is -2.39. The first-order valence-electron chi connectivity index (χ1n) is 8.45. The van der Waals surface area contributed by atoms with Crippen molar-refractivity contribution in [1.82, 2.24) is 19.9 Å². The first kappa shape index (κ1) is 17.5. The maximum absolute atomic E-state index is 14.0. The lowest BCUT2D eigenvalue weighted by Gasteiger charge is -2.23. The Labute approximate surface area is 147 Å². The molecule has 1 aliphatic rings. The molecule has 2 aromatic rings. The van der Waals surface area contributed by atoms with Crippen LogP contribution in [0.15, 0.2) is 30.5 Å². The second kappa shape index (κ2) is 6.55. The number of aromatic nitrogens is 3. The van der Waals surface area contributed by atoms with E-state index in [0.29, 0.717) is 25.2 Å². The zero-order chi connectivity index (χ0) is 18.2. The molecule has 0 radical (unpaired) electrons. The molecule has 1 aromatic carbocycles. The minimum atomic E-state index is -0.368. The largest absolute Gasteiger partial charge is 0.308 e. The van der Waals surface area contributed by atoms with Crippen LogP contribution in [0.1, 0.15) is 32.9 Å². The van der Waals surface area contributed by atoms with E-state index in [1.807, 2.05) is 22.8 Å². The minimum absolute atomic E-state index is 0.0733. The maximum Gasteiger partial charge on any atom is 0.244 e. The van der Waals surface area contributed by atoms with E-state index in [1.54, 1.807) is 18.2 Å². The standard InChI is InChI=1S/C18H24FN5O/c1-18(2,3)24-12-13(20-21-24)11-22(4)16-9-10-23(17(16)25)15-8-6-5-7-14(15)19/h5-8,12,16H,9-11H2,1-4H3/t16-/m0/s1. The molecular weight excluding hydrogens is 321 g/mol. The van der Waals surface area contributed by atoms with Gasteiger partial charge in [-0.1, -0.05) is 17.3 Å². The Morgan fingerprint density at radius 1 is 1.32 bits per heavy atom. The highest BCUT2D eigenvalue weighted by Gasteiger charge is 2.36. The van der Waals surface area contributed by atoms with Gasteiger partial charge in [0.05, 0.1) is 29.2 Å². The SMILES string of the molecule is CN(Cc1cn(C(C)(C)C)nn1)[C@H]1CCN(c2ccccc2F)C1=O. The predicted molar refractivity (Wildman–Crippen MR) is 93.6 cm³/mol. The van der Waals surface area contributed by atoms with Gasteiger partial charge in [-0.3, -0.25) is 9.69 Å². The van der Waals surface area contributed by atoms with Crippen molar-refractivity contribution in [3.63, 3.8) is 0 Å². The van der Waals surface area contributed by atoms with Crippen LogP contribution in [-0.2, 0) is 16.9 Å². The molecule has 0 spiro atoms. The normalized spacial score (nSPS) is 18.4. The van der Waals surface area contributed by atoms with Gasteiger partial charge in [-0.15, -0.1) is 5.10 Å². The number of anilines is 1. The Hall–Kier alpha value is -2.28. The van der Waals surface area contributed by atoms with Gasteiger partial charge in [-0.25, -0.2) is 9.07 Å². The lowest BCUT2D eigenvalue weighted by molar-refractivity contribution is -0.121. The first-order valence-corrected chi connectivity index (χ1v) is 8.45. The number of carbonyl (C=O) groups is 1. The van der Waals surface area contributed by atoms with Gasteiger partial charge in [-0.2, -0.15) is 0 Å². The topological polar surface area (TPSA) is 54.3 Å². The molecule has 3 rings (SSSR count). The molecule has 0 N–H and O–H groups in total. The molecule has 1 fully saturated rings. The molecule has 1 aromatic heterocycles. The molecular formula is C18H24FN5O. The van der Waals surface area contributed by atoms with Crippen LogP contribution in [0.3, 0.4) is 0 Å². The third-order valence-corrected chi connectivity index (χ3v) is 4.49. The van der Waals surface area contributed by atoms with Crippen LogP contribution in [0, 0.1) is 5.82 Å². The molecule has 25 heavy (non-hydrogen) atoms. The summed E-state index contributed by atoms with van der Waals surface area (Å²) >= 11 is 0. The van der Waals surface area contributed by atoms with Gasteiger partial charge in [0.2, 0.25) is 5.91 Å². The molecule has 2 heterocycles. The van der Waals surface area contributed by atoms with Crippen molar-refractivity contribution in [1.29, 1.82) is 0 Å². The van der Waals surface area contributed by atoms with Crippen LogP contribution in [0.25, 0.3) is 0 Å². The van der Waals surface area contributed by atoms with Crippen molar-refractivity contribution < 1.29 is 9.18 Å². The number of carbonyl (C=O) groups excluding carboxylic acids is 1. The Kier molecular flexibility index (Phi) is 4.60. The molecule has 1 amide bonds. The van der Waals surface area contributed by atoms with Gasteiger partial charge in [0, 0.05) is 13.1 Å². The smallest absolute Gasteiger partial charge is 0.244 e. The van der Waals surface area contributed by atoms with Gasteiger partial charge in [-0.05, 0) is 46.4 Å². The zero-order valence-corrected chi connectivity index (χ0v) is 15.1. The molecule has 0 bridgehead atoms. The van der Waals surface area contributed by atoms with E-state index in [1.165, 1.54) is 11.0 Å². The number of para-hydroxylation sites is 1. The third kappa shape index (κ3) is 3.56. The van der Waals surface area contributed by atoms with Crippen LogP contribution in [0.5, 0.6) is 0 Å². The van der Waals surface area contributed by atoms with E-state index in [-0.39, 0.29) is 23.3 Å². The molecule has 0 saturated carbocycles. The van der Waals surface area contributed by atoms with E-state index in [4.69, 9.17) is 0 Å². The van der Waals surface area contributed by atoms with Crippen LogP contribution in [0.4, 0.5) is 10.1 Å². The Morgan fingerprint density at radius 3 is 2.68 bits per heavy atom. The van der Waals surface area contributed by atoms with Crippen molar-refractivity contribution in [2.45, 2.75) is 45.3 Å². The van der Waals surface area contributed by atoms with Crippen molar-refractivity contribution in [3.05, 3.63) is 42.0 Å². The van der Waals surface area contributed by atoms with Crippen LogP contribution in [-0.4, -0.2) is 45.4 Å². The average Bonchev–Trinajstić information content (AvgIpc) is 3.14. The third-order valence-electron chi connectivity index (χ3n) is 4.49. The number of halogens is 1. The average molecular weight is 345 g/mol. The highest BCUT2D eigenvalue weighted by molar-refractivity contribution is 5.99. The van der Waals surface area contributed by atoms with Crippen LogP contribution >= 0.6 is 0 Å². The van der Waals surface area contributed by atoms with Gasteiger partial charge in [0.1, 0.15) is 5.82 Å². The fraction of sp³-hybridized carbons (Fsp3) is 0.500. The van der Waals surface area contributed by atoms with Gasteiger partial charge in [0.25, 0.3) is 0 Å². The molecule has 1 saturated heterocycles. The summed E-state index contributed by atoms with van der Waals surface area (Å²) in [5.41, 5.74) is 1.03. The van der Waals surface area contributed by atoms with Crippen LogP contribution < -0.4 is 4.90 Å². The van der Waals surface area contributed by atoms with E-state index in [0.717, 1.165) is 5.69 Å². The van der Waals surface area contributed by atoms with Crippen molar-refractivity contribution in [3.8, 4) is 0 Å². The molecule has 0 unspecified atom stereocenters. The van der Waals surface area contributed by atoms with Crippen molar-refractivity contribution in [2.24, 2.45) is 0 Å². The molecule has 0 aliphatic carbocycles. The highest BCUT2D eigenvalue weighted by atomic mass is 19.1. The predicted octanol–water partition coefficient (Wildman–Crippen LogP) is 2.41. The van der Waals surface area contributed by atoms with Crippen molar-refractivity contribution >= 4 is 11.6 Å². The Balaban J connectivity index is 1.69. The lowest BCUT2D eigenvalue weighted by atomic mass is 10.1. The number of likely N-dealkylation sites (N-methyl/N-ethyl adjacent to an activating group) is 1. The summed E-state index contributed by atoms with van der Waals surface area (Å²) in [7, 11) is 1.89. The second-order valence-corrected chi connectivity index (χ2v) is 7.49. The molecule has 134 valence electrons. The first-order chi connectivity index (χ1) is 11.8. The van der Waals surface area contributed by atoms with Crippen molar-refractivity contribution in [2.75, 3.05) is 18.5 Å². The highest BCUT2D eigenvalue weighted by Crippen LogP contribution is 2.26. The summed E-state index contributed by atoms with van der Waals surface area (Å²) in [6, 6.07) is 6.11. The number of hydrogen-bond acceptors (Lipinski definition) is 4. The van der Waals surface area contributed by atoms with Gasteiger partial charge < -0.3 is 4.90 Å². The number of hydrogen-bond donors (Lipinski definition) is 0. The summed E-state index contributed by atoms with van der Waals surface area (Å²) in [6.45, 7) is 7.22. The number of nitrogens with zero attached hydrogens (tertiary/aromatic N) is 5. The summed E-state index contributed by atoms with van der Waals surface area (Å²) in [5.74, 6) is -0.442. The van der Waals surface area contributed by atoms with E-state index in [9.17, 15) is 9.18 Å². The summed E-state index contributed by atoms with van der Waals surface area (Å²) in [4.78, 5) is 16.2. The second-order valence-electron chi connectivity index (χ2n) is 7.49. The Bertz CT molecular complexity index is 767. The fourth-order valence-electron chi connectivity index (χ4n) is 3.05. The summed E-state index contributed by atoms with van der Waals surface area (Å²) in [5, 5.41) is 8.35. The van der Waals surface area contributed by atoms with E-state index in [2.05, 4.69) is 31.1 Å². The van der Waals surface area contributed by atoms with E-state index < -0.39 is 0 Å². The minimum Gasteiger partial charge on any atom is -0.308 e.